The van der Waals surface area contributed by atoms with Crippen molar-refractivity contribution in [2.24, 2.45) is 0 Å². The van der Waals surface area contributed by atoms with E-state index < -0.39 is 5.97 Å². The second-order valence-corrected chi connectivity index (χ2v) is 4.03. The molecule has 5 nitrogen and oxygen atoms in total. The number of carboxylic acid groups (broad SMARTS) is 1. The summed E-state index contributed by atoms with van der Waals surface area (Å²) in [5.74, 6) is -1.34. The van der Waals surface area contributed by atoms with E-state index in [1.165, 1.54) is 16.8 Å². The number of hydrogen-bond acceptors (Lipinski definition) is 3. The summed E-state index contributed by atoms with van der Waals surface area (Å²) in [5, 5.41) is 16.4. The van der Waals surface area contributed by atoms with Crippen LogP contribution in [0, 0.1) is 19.7 Å². The lowest BCUT2D eigenvalue weighted by atomic mass is 10.2. The molecule has 1 heterocycles. The van der Waals surface area contributed by atoms with Crippen LogP contribution in [0.25, 0.3) is 5.69 Å². The Hall–Kier alpha value is -2.24. The predicted molar refractivity (Wildman–Crippen MR) is 62.1 cm³/mol. The van der Waals surface area contributed by atoms with E-state index in [4.69, 9.17) is 5.11 Å². The molecule has 0 aliphatic heterocycles. The lowest BCUT2D eigenvalue weighted by molar-refractivity contribution is -0.136. The Labute approximate surface area is 103 Å². The summed E-state index contributed by atoms with van der Waals surface area (Å²) >= 11 is 0. The lowest BCUT2D eigenvalue weighted by Gasteiger charge is -2.07. The maximum Gasteiger partial charge on any atom is 0.309 e. The zero-order chi connectivity index (χ0) is 13.3. The fraction of sp³-hybridized carbons (Fsp3) is 0.250. The second kappa shape index (κ2) is 4.56. The number of carbonyl (C=O) groups is 1. The Kier molecular flexibility index (Phi) is 3.10. The molecule has 0 saturated carbocycles. The fourth-order valence-corrected chi connectivity index (χ4v) is 1.71. The summed E-state index contributed by atoms with van der Waals surface area (Å²) in [5.41, 5.74) is 2.39. The number of benzene rings is 1. The molecule has 2 aromatic rings. The van der Waals surface area contributed by atoms with Gasteiger partial charge in [0.15, 0.2) is 0 Å². The van der Waals surface area contributed by atoms with Gasteiger partial charge in [0.1, 0.15) is 5.82 Å². The number of carboxylic acids is 1. The van der Waals surface area contributed by atoms with Gasteiger partial charge in [-0.15, -0.1) is 5.10 Å². The van der Waals surface area contributed by atoms with Crippen molar-refractivity contribution in [2.75, 3.05) is 0 Å². The molecule has 0 saturated heterocycles. The molecule has 0 bridgehead atoms. The highest BCUT2D eigenvalue weighted by atomic mass is 19.1. The molecule has 0 radical (unpaired) electrons. The lowest BCUT2D eigenvalue weighted by Crippen LogP contribution is -2.05. The predicted octanol–water partition coefficient (Wildman–Crippen LogP) is 1.65. The van der Waals surface area contributed by atoms with Gasteiger partial charge in [-0.25, -0.2) is 9.07 Å². The minimum Gasteiger partial charge on any atom is -0.481 e. The van der Waals surface area contributed by atoms with Crippen molar-refractivity contribution in [3.05, 3.63) is 41.0 Å². The van der Waals surface area contributed by atoms with Gasteiger partial charge in [0.05, 0.1) is 23.5 Å². The van der Waals surface area contributed by atoms with Crippen LogP contribution in [0.2, 0.25) is 0 Å². The van der Waals surface area contributed by atoms with Gasteiger partial charge < -0.3 is 5.11 Å². The number of aryl methyl sites for hydroxylation is 1. The third-order valence-corrected chi connectivity index (χ3v) is 2.71. The number of nitrogens with zero attached hydrogens (tertiary/aromatic N) is 3. The van der Waals surface area contributed by atoms with Crippen LogP contribution in [0.1, 0.15) is 17.0 Å². The Morgan fingerprint density at radius 2 is 2.17 bits per heavy atom. The van der Waals surface area contributed by atoms with Gasteiger partial charge in [-0.05, 0) is 31.5 Å². The minimum atomic E-state index is -0.971. The first-order valence-corrected chi connectivity index (χ1v) is 5.38. The van der Waals surface area contributed by atoms with E-state index in [-0.39, 0.29) is 12.2 Å². The molecule has 2 rings (SSSR count). The van der Waals surface area contributed by atoms with Crippen LogP contribution in [0.4, 0.5) is 4.39 Å². The number of aromatic nitrogens is 3. The highest BCUT2D eigenvalue weighted by Gasteiger charge is 2.14. The molecule has 0 spiro atoms. The van der Waals surface area contributed by atoms with Crippen molar-refractivity contribution in [3.63, 3.8) is 0 Å². The molecule has 0 atom stereocenters. The number of halogens is 1. The summed E-state index contributed by atoms with van der Waals surface area (Å²) < 4.78 is 14.7. The topological polar surface area (TPSA) is 68.0 Å². The monoisotopic (exact) mass is 249 g/mol. The molecular formula is C12H12FN3O2. The summed E-state index contributed by atoms with van der Waals surface area (Å²) in [7, 11) is 0. The van der Waals surface area contributed by atoms with Crippen molar-refractivity contribution < 1.29 is 14.3 Å². The molecule has 94 valence electrons. The van der Waals surface area contributed by atoms with Crippen molar-refractivity contribution >= 4 is 5.97 Å². The van der Waals surface area contributed by atoms with Gasteiger partial charge in [0.25, 0.3) is 0 Å². The Bertz CT molecular complexity index is 607. The van der Waals surface area contributed by atoms with Gasteiger partial charge >= 0.3 is 5.97 Å². The number of aliphatic carboxylic acids is 1. The van der Waals surface area contributed by atoms with Crippen molar-refractivity contribution in [3.8, 4) is 5.69 Å². The fourth-order valence-electron chi connectivity index (χ4n) is 1.71. The first kappa shape index (κ1) is 12.2. The molecule has 6 heteroatoms. The molecule has 1 aromatic carbocycles. The molecular weight excluding hydrogens is 237 g/mol. The molecule has 0 fully saturated rings. The number of hydrogen-bond donors (Lipinski definition) is 1. The molecule has 1 N–H and O–H groups in total. The Morgan fingerprint density at radius 1 is 1.44 bits per heavy atom. The summed E-state index contributed by atoms with van der Waals surface area (Å²) in [6.45, 7) is 3.54. The van der Waals surface area contributed by atoms with Gasteiger partial charge in [-0.1, -0.05) is 11.3 Å². The quantitative estimate of drug-likeness (QED) is 0.898. The van der Waals surface area contributed by atoms with Crippen LogP contribution in [0.5, 0.6) is 0 Å². The SMILES string of the molecule is Cc1ccc(F)cc1-n1nnc(CC(=O)O)c1C. The zero-order valence-corrected chi connectivity index (χ0v) is 10.0. The summed E-state index contributed by atoms with van der Waals surface area (Å²) in [6.07, 6.45) is -0.194. The molecule has 0 unspecified atom stereocenters. The average molecular weight is 249 g/mol. The first-order chi connectivity index (χ1) is 8.49. The van der Waals surface area contributed by atoms with Crippen LogP contribution in [-0.4, -0.2) is 26.1 Å². The zero-order valence-electron chi connectivity index (χ0n) is 10.0. The smallest absolute Gasteiger partial charge is 0.309 e. The largest absolute Gasteiger partial charge is 0.481 e. The maximum absolute atomic E-state index is 13.2. The van der Waals surface area contributed by atoms with Crippen molar-refractivity contribution in [2.45, 2.75) is 20.3 Å². The van der Waals surface area contributed by atoms with E-state index in [0.29, 0.717) is 17.1 Å². The summed E-state index contributed by atoms with van der Waals surface area (Å²) in [6, 6.07) is 4.35. The van der Waals surface area contributed by atoms with Gasteiger partial charge in [0, 0.05) is 0 Å². The van der Waals surface area contributed by atoms with Crippen molar-refractivity contribution in [1.29, 1.82) is 0 Å². The van der Waals surface area contributed by atoms with Gasteiger partial charge in [-0.3, -0.25) is 4.79 Å². The van der Waals surface area contributed by atoms with Crippen LogP contribution in [-0.2, 0) is 11.2 Å². The van der Waals surface area contributed by atoms with E-state index in [1.807, 2.05) is 6.92 Å². The normalized spacial score (nSPS) is 10.6. The first-order valence-electron chi connectivity index (χ1n) is 5.38. The Balaban J connectivity index is 2.48. The molecule has 18 heavy (non-hydrogen) atoms. The number of rotatable bonds is 3. The van der Waals surface area contributed by atoms with E-state index in [0.717, 1.165) is 5.56 Å². The third-order valence-electron chi connectivity index (χ3n) is 2.71. The average Bonchev–Trinajstić information content (AvgIpc) is 2.64. The van der Waals surface area contributed by atoms with E-state index >= 15 is 0 Å². The molecule has 0 aliphatic carbocycles. The van der Waals surface area contributed by atoms with E-state index in [1.54, 1.807) is 13.0 Å². The highest BCUT2D eigenvalue weighted by Crippen LogP contribution is 2.17. The molecule has 0 amide bonds. The standard InChI is InChI=1S/C12H12FN3O2/c1-7-3-4-9(13)5-11(7)16-8(2)10(14-15-16)6-12(17)18/h3-5H,6H2,1-2H3,(H,17,18). The minimum absolute atomic E-state index is 0.194. The van der Waals surface area contributed by atoms with Crippen LogP contribution < -0.4 is 0 Å². The summed E-state index contributed by atoms with van der Waals surface area (Å²) in [4.78, 5) is 10.7. The molecule has 1 aromatic heterocycles. The van der Waals surface area contributed by atoms with Gasteiger partial charge in [-0.2, -0.15) is 0 Å². The van der Waals surface area contributed by atoms with Gasteiger partial charge in [0.2, 0.25) is 0 Å². The van der Waals surface area contributed by atoms with Crippen LogP contribution in [0.15, 0.2) is 18.2 Å². The van der Waals surface area contributed by atoms with Crippen LogP contribution in [0.3, 0.4) is 0 Å². The highest BCUT2D eigenvalue weighted by molar-refractivity contribution is 5.69. The molecule has 0 aliphatic rings. The second-order valence-electron chi connectivity index (χ2n) is 4.03. The van der Waals surface area contributed by atoms with E-state index in [9.17, 15) is 9.18 Å². The van der Waals surface area contributed by atoms with Crippen LogP contribution >= 0.6 is 0 Å². The third kappa shape index (κ3) is 2.22. The van der Waals surface area contributed by atoms with Crippen molar-refractivity contribution in [1.82, 2.24) is 15.0 Å². The van der Waals surface area contributed by atoms with E-state index in [2.05, 4.69) is 10.3 Å². The Morgan fingerprint density at radius 3 is 2.83 bits per heavy atom. The maximum atomic E-state index is 13.2.